The Morgan fingerprint density at radius 3 is 2.69 bits per heavy atom. The van der Waals surface area contributed by atoms with Crippen molar-refractivity contribution < 1.29 is 32.5 Å². The van der Waals surface area contributed by atoms with Gasteiger partial charge in [0.1, 0.15) is 41.4 Å². The van der Waals surface area contributed by atoms with Crippen LogP contribution in [0.15, 0.2) is 30.5 Å². The summed E-state index contributed by atoms with van der Waals surface area (Å²) >= 11 is 0. The molecule has 3 fully saturated rings. The third-order valence-corrected chi connectivity index (χ3v) is 10.4. The quantitative estimate of drug-likeness (QED) is 0.169. The number of ether oxygens (including phenoxy) is 3. The average molecular weight is 666 g/mol. The highest BCUT2D eigenvalue weighted by molar-refractivity contribution is 6.01. The van der Waals surface area contributed by atoms with E-state index in [1.165, 1.54) is 19.4 Å². The van der Waals surface area contributed by atoms with E-state index >= 15 is 8.78 Å². The lowest BCUT2D eigenvalue weighted by Gasteiger charge is -2.32. The van der Waals surface area contributed by atoms with E-state index in [1.807, 2.05) is 6.92 Å². The second kappa shape index (κ2) is 13.3. The number of hydrogen-bond donors (Lipinski definition) is 2. The highest BCUT2D eigenvalue weighted by Crippen LogP contribution is 2.42. The molecule has 2 saturated heterocycles. The second-order valence-electron chi connectivity index (χ2n) is 13.5. The van der Waals surface area contributed by atoms with Crippen LogP contribution in [0.1, 0.15) is 63.9 Å². The number of aryl methyl sites for hydroxylation is 1. The summed E-state index contributed by atoms with van der Waals surface area (Å²) in [6.45, 7) is 3.38. The lowest BCUT2D eigenvalue weighted by Crippen LogP contribution is -2.43. The molecule has 4 heterocycles. The lowest BCUT2D eigenvalue weighted by molar-refractivity contribution is 0.0166. The number of fused-ring (bicyclic) bond motifs is 3. The first-order chi connectivity index (χ1) is 23.2. The van der Waals surface area contributed by atoms with Gasteiger partial charge in [-0.3, -0.25) is 9.88 Å². The second-order valence-corrected chi connectivity index (χ2v) is 13.5. The van der Waals surface area contributed by atoms with Crippen molar-refractivity contribution >= 4 is 27.5 Å². The van der Waals surface area contributed by atoms with Crippen LogP contribution in [0.3, 0.4) is 0 Å². The van der Waals surface area contributed by atoms with Gasteiger partial charge in [0.25, 0.3) is 0 Å². The molecule has 4 aromatic rings. The summed E-state index contributed by atoms with van der Waals surface area (Å²) in [5.41, 5.74) is -0.666. The zero-order valence-electron chi connectivity index (χ0n) is 27.5. The Labute approximate surface area is 277 Å². The van der Waals surface area contributed by atoms with E-state index in [1.54, 1.807) is 18.2 Å². The Balaban J connectivity index is 1.34. The third kappa shape index (κ3) is 6.14. The molecule has 9 nitrogen and oxygen atoms in total. The number of hydrogen-bond acceptors (Lipinski definition) is 9. The van der Waals surface area contributed by atoms with E-state index in [-0.39, 0.29) is 43.0 Å². The smallest absolute Gasteiger partial charge is 0.319 e. The van der Waals surface area contributed by atoms with Crippen LogP contribution in [0, 0.1) is 11.6 Å². The minimum Gasteiger partial charge on any atom is -0.468 e. The number of nitrogens with zero attached hydrogens (tertiary/aromatic N) is 4. The molecule has 3 aliphatic rings. The first kappa shape index (κ1) is 32.8. The SMILES string of the molecule is CCc1c(F)ccc2cc(OCOC)cc(-c3ncc4c(NCC5(O)CCCCC5)nc(OC[C@@]56CCCN5C[C@H](F)C6)nc4c3F)c12. The first-order valence-electron chi connectivity index (χ1n) is 16.9. The molecule has 0 unspecified atom stereocenters. The Hall–Kier alpha value is -3.74. The van der Waals surface area contributed by atoms with Crippen molar-refractivity contribution in [1.82, 2.24) is 19.9 Å². The van der Waals surface area contributed by atoms with Crippen molar-refractivity contribution in [3.8, 4) is 23.0 Å². The Bertz CT molecular complexity index is 1820. The molecular formula is C36H42F3N5O4. The zero-order chi connectivity index (χ0) is 33.5. The van der Waals surface area contributed by atoms with Gasteiger partial charge in [0.15, 0.2) is 12.6 Å². The number of aliphatic hydroxyl groups is 1. The molecule has 2 aromatic heterocycles. The van der Waals surface area contributed by atoms with Crippen LogP contribution in [0.25, 0.3) is 32.9 Å². The van der Waals surface area contributed by atoms with Crippen molar-refractivity contribution in [3.63, 3.8) is 0 Å². The number of halogens is 3. The van der Waals surface area contributed by atoms with E-state index in [4.69, 9.17) is 14.2 Å². The van der Waals surface area contributed by atoms with Crippen molar-refractivity contribution in [3.05, 3.63) is 47.7 Å². The van der Waals surface area contributed by atoms with E-state index in [0.717, 1.165) is 38.6 Å². The molecule has 2 atom stereocenters. The van der Waals surface area contributed by atoms with Crippen LogP contribution in [0.5, 0.6) is 11.8 Å². The van der Waals surface area contributed by atoms with E-state index in [9.17, 15) is 9.50 Å². The third-order valence-electron chi connectivity index (χ3n) is 10.4. The maximum absolute atomic E-state index is 16.9. The van der Waals surface area contributed by atoms with Crippen LogP contribution in [0.4, 0.5) is 19.0 Å². The molecule has 48 heavy (non-hydrogen) atoms. The van der Waals surface area contributed by atoms with Gasteiger partial charge in [-0.15, -0.1) is 0 Å². The summed E-state index contributed by atoms with van der Waals surface area (Å²) in [6, 6.07) is 6.37. The summed E-state index contributed by atoms with van der Waals surface area (Å²) in [5, 5.41) is 16.0. The molecular weight excluding hydrogens is 623 g/mol. The fourth-order valence-electron chi connectivity index (χ4n) is 7.94. The molecule has 2 aliphatic heterocycles. The Morgan fingerprint density at radius 1 is 1.06 bits per heavy atom. The molecule has 0 amide bonds. The van der Waals surface area contributed by atoms with Gasteiger partial charge in [0.2, 0.25) is 0 Å². The van der Waals surface area contributed by atoms with Gasteiger partial charge in [0.05, 0.1) is 16.5 Å². The fraction of sp³-hybridized carbons (Fsp3) is 0.528. The van der Waals surface area contributed by atoms with Gasteiger partial charge < -0.3 is 24.6 Å². The minimum absolute atomic E-state index is 0.0300. The van der Waals surface area contributed by atoms with E-state index in [2.05, 4.69) is 25.2 Å². The topological polar surface area (TPSA) is 102 Å². The van der Waals surface area contributed by atoms with Gasteiger partial charge >= 0.3 is 6.01 Å². The highest BCUT2D eigenvalue weighted by Gasteiger charge is 2.49. The molecule has 0 bridgehead atoms. The Kier molecular flexibility index (Phi) is 9.08. The van der Waals surface area contributed by atoms with Gasteiger partial charge in [-0.1, -0.05) is 32.3 Å². The predicted octanol–water partition coefficient (Wildman–Crippen LogP) is 6.73. The first-order valence-corrected chi connectivity index (χ1v) is 16.9. The molecule has 2 aromatic carbocycles. The maximum atomic E-state index is 16.9. The van der Waals surface area contributed by atoms with Crippen LogP contribution in [-0.2, 0) is 11.2 Å². The normalized spacial score (nSPS) is 22.3. The van der Waals surface area contributed by atoms with Gasteiger partial charge in [-0.05, 0) is 73.2 Å². The minimum atomic E-state index is -0.928. The van der Waals surface area contributed by atoms with Crippen molar-refractivity contribution in [2.24, 2.45) is 0 Å². The van der Waals surface area contributed by atoms with Crippen molar-refractivity contribution in [2.45, 2.75) is 82.0 Å². The molecule has 2 N–H and O–H groups in total. The largest absolute Gasteiger partial charge is 0.468 e. The van der Waals surface area contributed by atoms with Gasteiger partial charge in [-0.25, -0.2) is 13.2 Å². The number of benzene rings is 2. The number of aromatic nitrogens is 3. The maximum Gasteiger partial charge on any atom is 0.319 e. The average Bonchev–Trinajstić information content (AvgIpc) is 3.61. The number of alkyl halides is 1. The van der Waals surface area contributed by atoms with Crippen molar-refractivity contribution in [2.75, 3.05) is 45.5 Å². The van der Waals surface area contributed by atoms with Gasteiger partial charge in [-0.2, -0.15) is 9.97 Å². The summed E-state index contributed by atoms with van der Waals surface area (Å²) in [4.78, 5) is 15.9. The van der Waals surface area contributed by atoms with E-state index < -0.39 is 28.9 Å². The summed E-state index contributed by atoms with van der Waals surface area (Å²) in [5.74, 6) is -0.441. The van der Waals surface area contributed by atoms with Gasteiger partial charge in [0, 0.05) is 38.4 Å². The summed E-state index contributed by atoms with van der Waals surface area (Å²) in [7, 11) is 1.50. The molecule has 256 valence electrons. The molecule has 12 heteroatoms. The van der Waals surface area contributed by atoms with Crippen molar-refractivity contribution in [1.29, 1.82) is 0 Å². The number of rotatable bonds is 11. The predicted molar refractivity (Wildman–Crippen MR) is 177 cm³/mol. The standard InChI is InChI=1S/C36H42F3N5O4/c1-3-25-28(38)9-8-22-14-24(48-21-46-2)15-26(29(22)25)31-30(39)32-27(17-40-31)33(41-19-36(45)11-5-4-6-12-36)43-34(42-32)47-20-35-10-7-13-44(35)18-23(37)16-35/h8-9,14-15,17,23,45H,3-7,10-13,16,18-21H2,1-2H3,(H,41,42,43)/t23-,35+/m1/s1. The molecule has 1 saturated carbocycles. The molecule has 7 rings (SSSR count). The summed E-state index contributed by atoms with van der Waals surface area (Å²) < 4.78 is 63.6. The Morgan fingerprint density at radius 2 is 1.90 bits per heavy atom. The molecule has 0 spiro atoms. The number of nitrogens with one attached hydrogen (secondary N) is 1. The zero-order valence-corrected chi connectivity index (χ0v) is 27.5. The summed E-state index contributed by atoms with van der Waals surface area (Å²) in [6.07, 6.45) is 7.27. The monoisotopic (exact) mass is 665 g/mol. The lowest BCUT2D eigenvalue weighted by atomic mass is 9.85. The molecule has 1 aliphatic carbocycles. The number of anilines is 1. The van der Waals surface area contributed by atoms with E-state index in [0.29, 0.717) is 65.3 Å². The van der Waals surface area contributed by atoms with Crippen LogP contribution < -0.4 is 14.8 Å². The van der Waals surface area contributed by atoms with Crippen LogP contribution >= 0.6 is 0 Å². The number of methoxy groups -OCH3 is 1. The fourth-order valence-corrected chi connectivity index (χ4v) is 7.94. The number of pyridine rings is 1. The van der Waals surface area contributed by atoms with Crippen LogP contribution in [0.2, 0.25) is 0 Å². The molecule has 0 radical (unpaired) electrons. The highest BCUT2D eigenvalue weighted by atomic mass is 19.1. The van der Waals surface area contributed by atoms with Crippen LogP contribution in [-0.4, -0.2) is 82.4 Å².